The molecule has 0 unspecified atom stereocenters. The van der Waals surface area contributed by atoms with Crippen LogP contribution >= 0.6 is 0 Å². The molecule has 2 N–H and O–H groups in total. The molecule has 0 saturated carbocycles. The number of hydrogen-bond acceptors (Lipinski definition) is 3. The van der Waals surface area contributed by atoms with Gasteiger partial charge in [-0.1, -0.05) is 19.9 Å². The van der Waals surface area contributed by atoms with Gasteiger partial charge < -0.3 is 15.2 Å². The highest BCUT2D eigenvalue weighted by molar-refractivity contribution is 5.77. The lowest BCUT2D eigenvalue weighted by Crippen LogP contribution is -2.37. The zero-order valence-electron chi connectivity index (χ0n) is 12.8. The Bertz CT molecular complexity index is 439. The maximum atomic E-state index is 11.8. The van der Waals surface area contributed by atoms with E-state index in [0.29, 0.717) is 5.75 Å². The molecule has 4 heteroatoms. The number of ether oxygens (including phenoxy) is 1. The molecular formula is C16H25NO3. The first-order valence-electron chi connectivity index (χ1n) is 7.18. The van der Waals surface area contributed by atoms with Crippen molar-refractivity contribution in [1.82, 2.24) is 5.32 Å². The third kappa shape index (κ3) is 4.85. The fourth-order valence-corrected chi connectivity index (χ4v) is 2.00. The summed E-state index contributed by atoms with van der Waals surface area (Å²) in [7, 11) is 0. The lowest BCUT2D eigenvalue weighted by atomic mass is 10.1. The highest BCUT2D eigenvalue weighted by Gasteiger charge is 2.10. The molecule has 0 radical (unpaired) electrons. The number of carbonyl (C=O) groups excluding carboxylic acids is 1. The van der Waals surface area contributed by atoms with Crippen LogP contribution in [0.15, 0.2) is 18.2 Å². The van der Waals surface area contributed by atoms with Gasteiger partial charge in [0.25, 0.3) is 5.91 Å². The molecule has 0 heterocycles. The van der Waals surface area contributed by atoms with Crippen LogP contribution in [0.3, 0.4) is 0 Å². The molecule has 0 bridgehead atoms. The number of rotatable bonds is 7. The quantitative estimate of drug-likeness (QED) is 0.807. The van der Waals surface area contributed by atoms with Crippen molar-refractivity contribution in [3.8, 4) is 5.75 Å². The maximum Gasteiger partial charge on any atom is 0.258 e. The van der Waals surface area contributed by atoms with Crippen molar-refractivity contribution in [3.05, 3.63) is 29.3 Å². The molecule has 1 aromatic carbocycles. The minimum Gasteiger partial charge on any atom is -0.484 e. The van der Waals surface area contributed by atoms with Gasteiger partial charge >= 0.3 is 0 Å². The number of amides is 1. The summed E-state index contributed by atoms with van der Waals surface area (Å²) in [6, 6.07) is 5.69. The van der Waals surface area contributed by atoms with Gasteiger partial charge in [0.1, 0.15) is 5.75 Å². The van der Waals surface area contributed by atoms with E-state index in [-0.39, 0.29) is 18.6 Å². The van der Waals surface area contributed by atoms with Crippen molar-refractivity contribution in [1.29, 1.82) is 0 Å². The molecule has 4 nitrogen and oxygen atoms in total. The minimum atomic E-state index is -0.499. The minimum absolute atomic E-state index is 0.0192. The van der Waals surface area contributed by atoms with E-state index in [9.17, 15) is 9.90 Å². The Hall–Kier alpha value is -1.55. The van der Waals surface area contributed by atoms with Crippen LogP contribution in [-0.4, -0.2) is 23.7 Å². The summed E-state index contributed by atoms with van der Waals surface area (Å²) >= 11 is 0. The van der Waals surface area contributed by atoms with Gasteiger partial charge in [-0.05, 0) is 49.9 Å². The van der Waals surface area contributed by atoms with Crippen LogP contribution in [0, 0.1) is 6.92 Å². The van der Waals surface area contributed by atoms with E-state index < -0.39 is 6.10 Å². The lowest BCUT2D eigenvalue weighted by Gasteiger charge is -2.16. The summed E-state index contributed by atoms with van der Waals surface area (Å²) < 4.78 is 5.53. The van der Waals surface area contributed by atoms with Crippen molar-refractivity contribution in [3.63, 3.8) is 0 Å². The van der Waals surface area contributed by atoms with Gasteiger partial charge in [-0.3, -0.25) is 4.79 Å². The zero-order valence-corrected chi connectivity index (χ0v) is 12.8. The number of carbonyl (C=O) groups is 1. The molecule has 0 aromatic heterocycles. The second kappa shape index (κ2) is 7.90. The number of aryl methyl sites for hydroxylation is 1. The van der Waals surface area contributed by atoms with Crippen LogP contribution < -0.4 is 10.1 Å². The third-order valence-corrected chi connectivity index (χ3v) is 3.39. The summed E-state index contributed by atoms with van der Waals surface area (Å²) in [6.45, 7) is 7.74. The Morgan fingerprint density at radius 1 is 1.35 bits per heavy atom. The monoisotopic (exact) mass is 279 g/mol. The molecule has 1 rings (SSSR count). The summed E-state index contributed by atoms with van der Waals surface area (Å²) in [6.07, 6.45) is 1.34. The van der Waals surface area contributed by atoms with Gasteiger partial charge in [0.2, 0.25) is 0 Å². The van der Waals surface area contributed by atoms with Gasteiger partial charge in [0.05, 0.1) is 6.10 Å². The second-order valence-corrected chi connectivity index (χ2v) is 5.07. The first-order valence-corrected chi connectivity index (χ1v) is 7.18. The van der Waals surface area contributed by atoms with Gasteiger partial charge in [0.15, 0.2) is 6.61 Å². The highest BCUT2D eigenvalue weighted by atomic mass is 16.5. The average molecular weight is 279 g/mol. The van der Waals surface area contributed by atoms with E-state index in [1.165, 1.54) is 0 Å². The van der Waals surface area contributed by atoms with Crippen LogP contribution in [0.1, 0.15) is 50.8 Å². The Morgan fingerprint density at radius 3 is 2.50 bits per heavy atom. The maximum absolute atomic E-state index is 11.8. The average Bonchev–Trinajstić information content (AvgIpc) is 2.43. The lowest BCUT2D eigenvalue weighted by molar-refractivity contribution is -0.123. The Balaban J connectivity index is 2.55. The molecule has 1 atom stereocenters. The van der Waals surface area contributed by atoms with E-state index >= 15 is 0 Å². The fraction of sp³-hybridized carbons (Fsp3) is 0.562. The molecule has 0 aliphatic heterocycles. The number of aliphatic hydroxyl groups excluding tert-OH is 1. The predicted molar refractivity (Wildman–Crippen MR) is 79.8 cm³/mol. The van der Waals surface area contributed by atoms with Gasteiger partial charge in [0, 0.05) is 6.04 Å². The molecular weight excluding hydrogens is 254 g/mol. The van der Waals surface area contributed by atoms with E-state index in [0.717, 1.165) is 24.0 Å². The van der Waals surface area contributed by atoms with Crippen LogP contribution in [0.4, 0.5) is 0 Å². The van der Waals surface area contributed by atoms with E-state index in [4.69, 9.17) is 4.74 Å². The van der Waals surface area contributed by atoms with Gasteiger partial charge in [-0.15, -0.1) is 0 Å². The van der Waals surface area contributed by atoms with Crippen LogP contribution in [0.2, 0.25) is 0 Å². The highest BCUT2D eigenvalue weighted by Crippen LogP contribution is 2.22. The van der Waals surface area contributed by atoms with E-state index in [1.807, 2.05) is 32.9 Å². The summed E-state index contributed by atoms with van der Waals surface area (Å²) in [5.74, 6) is 0.576. The predicted octanol–water partition coefficient (Wildman–Crippen LogP) is 2.73. The van der Waals surface area contributed by atoms with Crippen LogP contribution in [0.5, 0.6) is 5.75 Å². The molecule has 0 spiro atoms. The van der Waals surface area contributed by atoms with Crippen molar-refractivity contribution in [2.75, 3.05) is 6.61 Å². The largest absolute Gasteiger partial charge is 0.484 e. The molecule has 0 aliphatic rings. The summed E-state index contributed by atoms with van der Waals surface area (Å²) in [5.41, 5.74) is 1.76. The smallest absolute Gasteiger partial charge is 0.258 e. The Labute approximate surface area is 121 Å². The van der Waals surface area contributed by atoms with Crippen molar-refractivity contribution in [2.45, 2.75) is 52.7 Å². The Morgan fingerprint density at radius 2 is 2.00 bits per heavy atom. The molecule has 20 heavy (non-hydrogen) atoms. The van der Waals surface area contributed by atoms with Crippen LogP contribution in [0.25, 0.3) is 0 Å². The summed E-state index contributed by atoms with van der Waals surface area (Å²) in [5, 5.41) is 12.4. The summed E-state index contributed by atoms with van der Waals surface area (Å²) in [4.78, 5) is 11.8. The fourth-order valence-electron chi connectivity index (χ4n) is 2.00. The van der Waals surface area contributed by atoms with Crippen molar-refractivity contribution >= 4 is 5.91 Å². The number of aliphatic hydroxyl groups is 1. The second-order valence-electron chi connectivity index (χ2n) is 5.07. The van der Waals surface area contributed by atoms with Gasteiger partial charge in [-0.25, -0.2) is 0 Å². The molecule has 1 aromatic rings. The number of benzene rings is 1. The third-order valence-electron chi connectivity index (χ3n) is 3.39. The SMILES string of the molecule is CCC(CC)NC(=O)COc1ccc([C@H](C)O)cc1C. The molecule has 0 fully saturated rings. The van der Waals surface area contributed by atoms with Crippen molar-refractivity contribution < 1.29 is 14.6 Å². The molecule has 1 amide bonds. The normalized spacial score (nSPS) is 12.3. The van der Waals surface area contributed by atoms with E-state index in [2.05, 4.69) is 5.32 Å². The standard InChI is InChI=1S/C16H25NO3/c1-5-14(6-2)17-16(19)10-20-15-8-7-13(12(4)18)9-11(15)3/h7-9,12,14,18H,5-6,10H2,1-4H3,(H,17,19)/t12-/m0/s1. The zero-order chi connectivity index (χ0) is 15.1. The van der Waals surface area contributed by atoms with Crippen LogP contribution in [-0.2, 0) is 4.79 Å². The first kappa shape index (κ1) is 16.5. The first-order chi connectivity index (χ1) is 9.47. The van der Waals surface area contributed by atoms with E-state index in [1.54, 1.807) is 13.0 Å². The topological polar surface area (TPSA) is 58.6 Å². The molecule has 0 saturated heterocycles. The number of hydrogen-bond donors (Lipinski definition) is 2. The Kier molecular flexibility index (Phi) is 6.52. The number of nitrogens with one attached hydrogen (secondary N) is 1. The van der Waals surface area contributed by atoms with Crippen molar-refractivity contribution in [2.24, 2.45) is 0 Å². The van der Waals surface area contributed by atoms with Gasteiger partial charge in [-0.2, -0.15) is 0 Å². The molecule has 0 aliphatic carbocycles. The molecule has 112 valence electrons.